The van der Waals surface area contributed by atoms with E-state index in [9.17, 15) is 4.79 Å². The van der Waals surface area contributed by atoms with E-state index in [0.717, 1.165) is 5.82 Å². The Morgan fingerprint density at radius 3 is 2.53 bits per heavy atom. The highest BCUT2D eigenvalue weighted by Gasteiger charge is 2.25. The minimum absolute atomic E-state index is 0. The molecule has 1 rings (SSSR count). The van der Waals surface area contributed by atoms with Gasteiger partial charge in [0.25, 0.3) is 0 Å². The van der Waals surface area contributed by atoms with Crippen molar-refractivity contribution in [1.82, 2.24) is 14.9 Å². The van der Waals surface area contributed by atoms with Crippen LogP contribution in [0.25, 0.3) is 0 Å². The normalized spacial score (nSPS) is 10.1. The predicted octanol–water partition coefficient (Wildman–Crippen LogP) is 0.865. The molecule has 17 heavy (non-hydrogen) atoms. The third-order valence-electron chi connectivity index (χ3n) is 2.45. The molecule has 0 saturated heterocycles. The van der Waals surface area contributed by atoms with Crippen LogP contribution in [0.4, 0.5) is 0 Å². The molecule has 3 N–H and O–H groups in total. The monoisotopic (exact) mass is 282 g/mol. The van der Waals surface area contributed by atoms with Gasteiger partial charge in [0, 0.05) is 26.0 Å². The van der Waals surface area contributed by atoms with Crippen LogP contribution in [0.3, 0.4) is 0 Å². The molecule has 1 amide bonds. The molecule has 0 fully saturated rings. The molecule has 0 aliphatic carbocycles. The van der Waals surface area contributed by atoms with Crippen molar-refractivity contribution < 1.29 is 4.79 Å². The minimum atomic E-state index is -0.523. The molecule has 1 heterocycles. The lowest BCUT2D eigenvalue weighted by Gasteiger charge is -2.20. The van der Waals surface area contributed by atoms with Gasteiger partial charge in [-0.25, -0.2) is 4.98 Å². The molecule has 1 aromatic rings. The molecule has 0 aromatic carbocycles. The third-order valence-corrected chi connectivity index (χ3v) is 2.45. The Morgan fingerprint density at radius 1 is 1.53 bits per heavy atom. The first-order valence-corrected chi connectivity index (χ1v) is 4.92. The Balaban J connectivity index is 0. The number of aryl methyl sites for hydroxylation is 1. The van der Waals surface area contributed by atoms with Crippen molar-refractivity contribution in [3.8, 4) is 0 Å². The highest BCUT2D eigenvalue weighted by Crippen LogP contribution is 2.12. The summed E-state index contributed by atoms with van der Waals surface area (Å²) >= 11 is 0. The van der Waals surface area contributed by atoms with Crippen molar-refractivity contribution in [3.63, 3.8) is 0 Å². The number of carbonyl (C=O) groups is 1. The molecule has 5 nitrogen and oxygen atoms in total. The number of hydrogen-bond acceptors (Lipinski definition) is 3. The molecule has 0 spiro atoms. The summed E-state index contributed by atoms with van der Waals surface area (Å²) in [5, 5.41) is 2.81. The first-order valence-electron chi connectivity index (χ1n) is 4.92. The molecular weight excluding hydrogens is 263 g/mol. The summed E-state index contributed by atoms with van der Waals surface area (Å²) in [5.74, 6) is 0.782. The van der Waals surface area contributed by atoms with Crippen molar-refractivity contribution in [2.45, 2.75) is 20.4 Å². The number of nitrogens with two attached hydrogens (primary N) is 1. The summed E-state index contributed by atoms with van der Waals surface area (Å²) in [6, 6.07) is 0. The standard InChI is InChI=1S/C10H18N4O.2ClH/c1-10(2,7-11)9(15)13-6-8-12-4-5-14(8)3;;/h4-5H,6-7,11H2,1-3H3,(H,13,15);2*1H. The van der Waals surface area contributed by atoms with Gasteiger partial charge in [-0.3, -0.25) is 4.79 Å². The van der Waals surface area contributed by atoms with Gasteiger partial charge >= 0.3 is 0 Å². The second-order valence-corrected chi connectivity index (χ2v) is 4.23. The van der Waals surface area contributed by atoms with E-state index in [0.29, 0.717) is 13.1 Å². The topological polar surface area (TPSA) is 72.9 Å². The van der Waals surface area contributed by atoms with Gasteiger partial charge in [-0.15, -0.1) is 24.8 Å². The van der Waals surface area contributed by atoms with Gasteiger partial charge in [-0.2, -0.15) is 0 Å². The van der Waals surface area contributed by atoms with Gasteiger partial charge in [0.05, 0.1) is 12.0 Å². The summed E-state index contributed by atoms with van der Waals surface area (Å²) in [5.41, 5.74) is 4.98. The van der Waals surface area contributed by atoms with E-state index in [-0.39, 0.29) is 30.7 Å². The summed E-state index contributed by atoms with van der Waals surface area (Å²) in [4.78, 5) is 15.8. The lowest BCUT2D eigenvalue weighted by atomic mass is 9.93. The largest absolute Gasteiger partial charge is 0.348 e. The maximum Gasteiger partial charge on any atom is 0.227 e. The molecule has 0 bridgehead atoms. The number of hydrogen-bond donors (Lipinski definition) is 2. The Kier molecular flexibility index (Phi) is 8.23. The highest BCUT2D eigenvalue weighted by molar-refractivity contribution is 5.85. The number of aromatic nitrogens is 2. The minimum Gasteiger partial charge on any atom is -0.348 e. The molecule has 0 radical (unpaired) electrons. The van der Waals surface area contributed by atoms with E-state index in [1.54, 1.807) is 6.20 Å². The lowest BCUT2D eigenvalue weighted by molar-refractivity contribution is -0.129. The predicted molar refractivity (Wildman–Crippen MR) is 72.4 cm³/mol. The second kappa shape index (κ2) is 7.53. The number of carbonyl (C=O) groups excluding carboxylic acids is 1. The third kappa shape index (κ3) is 4.93. The molecular formula is C10H20Cl2N4O. The van der Waals surface area contributed by atoms with Crippen LogP contribution >= 0.6 is 24.8 Å². The molecule has 0 saturated carbocycles. The highest BCUT2D eigenvalue weighted by atomic mass is 35.5. The molecule has 0 aliphatic heterocycles. The zero-order chi connectivity index (χ0) is 11.5. The van der Waals surface area contributed by atoms with Crippen LogP contribution < -0.4 is 11.1 Å². The van der Waals surface area contributed by atoms with Crippen molar-refractivity contribution in [1.29, 1.82) is 0 Å². The molecule has 7 heteroatoms. The van der Waals surface area contributed by atoms with Crippen molar-refractivity contribution >= 4 is 30.7 Å². The fourth-order valence-electron chi connectivity index (χ4n) is 1.06. The van der Waals surface area contributed by atoms with E-state index < -0.39 is 5.41 Å². The van der Waals surface area contributed by atoms with E-state index in [1.165, 1.54) is 0 Å². The van der Waals surface area contributed by atoms with E-state index in [2.05, 4.69) is 10.3 Å². The van der Waals surface area contributed by atoms with Crippen LogP contribution in [0.15, 0.2) is 12.4 Å². The van der Waals surface area contributed by atoms with Crippen LogP contribution in [0, 0.1) is 5.41 Å². The first kappa shape index (κ1) is 18.6. The average molecular weight is 283 g/mol. The second-order valence-electron chi connectivity index (χ2n) is 4.23. The number of nitrogens with one attached hydrogen (secondary N) is 1. The molecule has 0 aliphatic rings. The quantitative estimate of drug-likeness (QED) is 0.861. The summed E-state index contributed by atoms with van der Waals surface area (Å²) < 4.78 is 1.87. The fraction of sp³-hybridized carbons (Fsp3) is 0.600. The van der Waals surface area contributed by atoms with Crippen LogP contribution in [0.1, 0.15) is 19.7 Å². The van der Waals surface area contributed by atoms with Crippen LogP contribution in [0.5, 0.6) is 0 Å². The summed E-state index contributed by atoms with van der Waals surface area (Å²) in [6.07, 6.45) is 3.55. The van der Waals surface area contributed by atoms with Crippen molar-refractivity contribution in [3.05, 3.63) is 18.2 Å². The SMILES string of the molecule is Cl.Cl.Cn1ccnc1CNC(=O)C(C)(C)CN. The first-order chi connectivity index (χ1) is 6.97. The van der Waals surface area contributed by atoms with Crippen LogP contribution in [-0.4, -0.2) is 22.0 Å². The van der Waals surface area contributed by atoms with Gasteiger partial charge < -0.3 is 15.6 Å². The van der Waals surface area contributed by atoms with Gasteiger partial charge in [0.15, 0.2) is 0 Å². The zero-order valence-electron chi connectivity index (χ0n) is 10.3. The summed E-state index contributed by atoms with van der Waals surface area (Å²) in [6.45, 7) is 4.41. The maximum absolute atomic E-state index is 11.7. The van der Waals surface area contributed by atoms with Crippen molar-refractivity contribution in [2.24, 2.45) is 18.2 Å². The smallest absolute Gasteiger partial charge is 0.227 e. The number of rotatable bonds is 4. The molecule has 1 aromatic heterocycles. The Morgan fingerprint density at radius 2 is 2.12 bits per heavy atom. The zero-order valence-corrected chi connectivity index (χ0v) is 11.9. The number of amides is 1. The maximum atomic E-state index is 11.7. The number of halogens is 2. The van der Waals surface area contributed by atoms with Gasteiger partial charge in [-0.1, -0.05) is 0 Å². The Bertz CT molecular complexity index is 352. The summed E-state index contributed by atoms with van der Waals surface area (Å²) in [7, 11) is 1.89. The fourth-order valence-corrected chi connectivity index (χ4v) is 1.06. The van der Waals surface area contributed by atoms with E-state index in [4.69, 9.17) is 5.73 Å². The molecule has 0 unspecified atom stereocenters. The van der Waals surface area contributed by atoms with Crippen LogP contribution in [-0.2, 0) is 18.4 Å². The molecule has 0 atom stereocenters. The Labute approximate surface area is 114 Å². The molecule has 100 valence electrons. The van der Waals surface area contributed by atoms with Gasteiger partial charge in [0.1, 0.15) is 5.82 Å². The van der Waals surface area contributed by atoms with Crippen molar-refractivity contribution in [2.75, 3.05) is 6.54 Å². The number of nitrogens with zero attached hydrogens (tertiary/aromatic N) is 2. The van der Waals surface area contributed by atoms with Crippen LogP contribution in [0.2, 0.25) is 0 Å². The average Bonchev–Trinajstić information content (AvgIpc) is 2.60. The Hall–Kier alpha value is -0.780. The van der Waals surface area contributed by atoms with Gasteiger partial charge in [0.2, 0.25) is 5.91 Å². The number of imidazole rings is 1. The van der Waals surface area contributed by atoms with E-state index >= 15 is 0 Å². The van der Waals surface area contributed by atoms with Gasteiger partial charge in [-0.05, 0) is 13.8 Å². The lowest BCUT2D eigenvalue weighted by Crippen LogP contribution is -2.41. The van der Waals surface area contributed by atoms with E-state index in [1.807, 2.05) is 31.7 Å².